The highest BCUT2D eigenvalue weighted by atomic mass is 32.2. The molecule has 0 aromatic heterocycles. The van der Waals surface area contributed by atoms with Crippen molar-refractivity contribution in [2.75, 3.05) is 46.2 Å². The van der Waals surface area contributed by atoms with Gasteiger partial charge < -0.3 is 19.7 Å². The van der Waals surface area contributed by atoms with Gasteiger partial charge in [0.05, 0.1) is 10.6 Å². The Kier molecular flexibility index (Phi) is 6.19. The fourth-order valence-corrected chi connectivity index (χ4v) is 5.23. The van der Waals surface area contributed by atoms with Gasteiger partial charge in [0.1, 0.15) is 0 Å². The van der Waals surface area contributed by atoms with Crippen LogP contribution in [0.4, 0.5) is 5.69 Å². The number of aliphatic carboxylic acids is 1. The number of oxime groups is 1. The maximum absolute atomic E-state index is 13.0. The van der Waals surface area contributed by atoms with E-state index in [4.69, 9.17) is 9.94 Å². The Morgan fingerprint density at radius 2 is 1.82 bits per heavy atom. The van der Waals surface area contributed by atoms with Gasteiger partial charge in [0, 0.05) is 39.8 Å². The Bertz CT molecular complexity index is 1300. The molecule has 34 heavy (non-hydrogen) atoms. The Hall–Kier alpha value is -3.28. The van der Waals surface area contributed by atoms with Crippen LogP contribution < -0.4 is 4.90 Å². The van der Waals surface area contributed by atoms with Gasteiger partial charge in [-0.25, -0.2) is 17.5 Å². The number of carbonyl (C=O) groups is 2. The summed E-state index contributed by atoms with van der Waals surface area (Å²) in [7, 11) is 3.08. The Morgan fingerprint density at radius 1 is 1.15 bits per heavy atom. The molecule has 0 unspecified atom stereocenters. The molecular weight excluding hydrogens is 460 g/mol. The lowest BCUT2D eigenvalue weighted by atomic mass is 9.87. The highest BCUT2D eigenvalue weighted by molar-refractivity contribution is 7.89. The molecule has 2 aromatic carbocycles. The lowest BCUT2D eigenvalue weighted by Crippen LogP contribution is -2.30. The van der Waals surface area contributed by atoms with Crippen LogP contribution in [-0.4, -0.2) is 81.7 Å². The molecule has 0 saturated heterocycles. The van der Waals surface area contributed by atoms with E-state index >= 15 is 0 Å². The first-order valence-corrected chi connectivity index (χ1v) is 12.1. The number of carboxylic acid groups (broad SMARTS) is 1. The third-order valence-electron chi connectivity index (χ3n) is 6.08. The number of sulfonamides is 1. The molecular formula is C23H26N4O6S. The second-order valence-electron chi connectivity index (χ2n) is 8.55. The zero-order valence-electron chi connectivity index (χ0n) is 19.4. The van der Waals surface area contributed by atoms with Crippen molar-refractivity contribution in [3.63, 3.8) is 0 Å². The first-order valence-electron chi connectivity index (χ1n) is 10.6. The molecule has 4 rings (SSSR count). The van der Waals surface area contributed by atoms with Gasteiger partial charge in [-0.1, -0.05) is 17.3 Å². The summed E-state index contributed by atoms with van der Waals surface area (Å²) in [6.45, 7) is 0.809. The monoisotopic (exact) mass is 486 g/mol. The minimum absolute atomic E-state index is 0.0443. The van der Waals surface area contributed by atoms with Crippen molar-refractivity contribution in [1.29, 1.82) is 0 Å². The number of likely N-dealkylation sites (N-methyl/N-ethyl adjacent to an activating group) is 2. The van der Waals surface area contributed by atoms with E-state index in [0.717, 1.165) is 45.2 Å². The topological polar surface area (TPSA) is 120 Å². The molecule has 1 amide bonds. The summed E-state index contributed by atoms with van der Waals surface area (Å²) in [5, 5.41) is 12.7. The SMILES string of the molecule is CN1CCc2c(-c3ccc(S(=O)(=O)N(C)C)cc3)cc3c(c2C1)N(C)C(=O)/C3=N\OCC(=O)O. The van der Waals surface area contributed by atoms with Crippen molar-refractivity contribution in [2.45, 2.75) is 17.9 Å². The number of anilines is 1. The number of amides is 1. The van der Waals surface area contributed by atoms with Gasteiger partial charge in [-0.15, -0.1) is 0 Å². The molecule has 11 heteroatoms. The summed E-state index contributed by atoms with van der Waals surface area (Å²) in [5.41, 5.74) is 5.12. The van der Waals surface area contributed by atoms with Crippen molar-refractivity contribution in [2.24, 2.45) is 5.16 Å². The summed E-state index contributed by atoms with van der Waals surface area (Å²) < 4.78 is 26.1. The van der Waals surface area contributed by atoms with Crippen LogP contribution in [0.1, 0.15) is 16.7 Å². The van der Waals surface area contributed by atoms with Crippen molar-refractivity contribution >= 4 is 33.3 Å². The molecule has 2 heterocycles. The van der Waals surface area contributed by atoms with Gasteiger partial charge in [0.25, 0.3) is 5.91 Å². The molecule has 0 fully saturated rings. The fraction of sp³-hybridized carbons (Fsp3) is 0.348. The molecule has 10 nitrogen and oxygen atoms in total. The molecule has 2 aliphatic heterocycles. The highest BCUT2D eigenvalue weighted by Crippen LogP contribution is 2.42. The van der Waals surface area contributed by atoms with Crippen LogP contribution in [0.25, 0.3) is 11.1 Å². The summed E-state index contributed by atoms with van der Waals surface area (Å²) >= 11 is 0. The van der Waals surface area contributed by atoms with Crippen LogP contribution >= 0.6 is 0 Å². The lowest BCUT2D eigenvalue weighted by Gasteiger charge is -2.30. The average Bonchev–Trinajstić information content (AvgIpc) is 3.03. The second-order valence-corrected chi connectivity index (χ2v) is 10.7. The quantitative estimate of drug-likeness (QED) is 0.613. The van der Waals surface area contributed by atoms with E-state index in [2.05, 4.69) is 10.1 Å². The smallest absolute Gasteiger partial charge is 0.344 e. The molecule has 1 N–H and O–H groups in total. The zero-order chi connectivity index (χ0) is 24.8. The van der Waals surface area contributed by atoms with Crippen molar-refractivity contribution in [3.8, 4) is 11.1 Å². The zero-order valence-corrected chi connectivity index (χ0v) is 20.2. The number of carboxylic acids is 1. The number of carbonyl (C=O) groups excluding carboxylic acids is 1. The van der Waals surface area contributed by atoms with E-state index in [-0.39, 0.29) is 16.5 Å². The van der Waals surface area contributed by atoms with Crippen LogP contribution in [0.2, 0.25) is 0 Å². The van der Waals surface area contributed by atoms with Gasteiger partial charge in [-0.2, -0.15) is 0 Å². The highest BCUT2D eigenvalue weighted by Gasteiger charge is 2.37. The van der Waals surface area contributed by atoms with E-state index in [0.29, 0.717) is 12.1 Å². The van der Waals surface area contributed by atoms with E-state index in [9.17, 15) is 18.0 Å². The standard InChI is InChI=1S/C23H26N4O6S/c1-25(2)34(31,32)15-7-5-14(6-8-15)17-11-18-21(24-33-13-20(28)29)23(30)27(4)22(18)19-12-26(3)10-9-16(17)19/h5-8,11H,9-10,12-13H2,1-4H3,(H,28,29)/b24-21-. The van der Waals surface area contributed by atoms with E-state index in [1.165, 1.54) is 19.0 Å². The van der Waals surface area contributed by atoms with Crippen molar-refractivity contribution < 1.29 is 28.0 Å². The molecule has 0 radical (unpaired) electrons. The number of benzene rings is 2. The van der Waals surface area contributed by atoms with Gasteiger partial charge in [0.15, 0.2) is 5.71 Å². The minimum Gasteiger partial charge on any atom is -0.479 e. The first kappa shape index (κ1) is 23.9. The summed E-state index contributed by atoms with van der Waals surface area (Å²) in [5.74, 6) is -1.57. The second kappa shape index (κ2) is 8.82. The average molecular weight is 487 g/mol. The van der Waals surface area contributed by atoms with Crippen LogP contribution in [0, 0.1) is 0 Å². The third-order valence-corrected chi connectivity index (χ3v) is 7.91. The summed E-state index contributed by atoms with van der Waals surface area (Å²) in [6, 6.07) is 8.52. The maximum atomic E-state index is 13.0. The molecule has 180 valence electrons. The van der Waals surface area contributed by atoms with Crippen molar-refractivity contribution in [3.05, 3.63) is 47.0 Å². The molecule has 0 saturated carbocycles. The van der Waals surface area contributed by atoms with Crippen molar-refractivity contribution in [1.82, 2.24) is 9.21 Å². The van der Waals surface area contributed by atoms with E-state index in [1.807, 2.05) is 13.1 Å². The summed E-state index contributed by atoms with van der Waals surface area (Å²) in [4.78, 5) is 32.6. The molecule has 0 spiro atoms. The largest absolute Gasteiger partial charge is 0.479 e. The normalized spacial score (nSPS) is 17.3. The number of nitrogens with zero attached hydrogens (tertiary/aromatic N) is 4. The van der Waals surface area contributed by atoms with Crippen LogP contribution in [-0.2, 0) is 37.4 Å². The van der Waals surface area contributed by atoms with E-state index in [1.54, 1.807) is 31.3 Å². The summed E-state index contributed by atoms with van der Waals surface area (Å²) in [6.07, 6.45) is 0.760. The number of hydrogen-bond acceptors (Lipinski definition) is 7. The van der Waals surface area contributed by atoms with Gasteiger partial charge >= 0.3 is 5.97 Å². The Balaban J connectivity index is 1.87. The van der Waals surface area contributed by atoms with Crippen LogP contribution in [0.5, 0.6) is 0 Å². The number of rotatable bonds is 6. The van der Waals surface area contributed by atoms with Gasteiger partial charge in [-0.05, 0) is 53.9 Å². The maximum Gasteiger partial charge on any atom is 0.344 e. The molecule has 2 aliphatic rings. The van der Waals surface area contributed by atoms with Gasteiger partial charge in [0.2, 0.25) is 16.6 Å². The minimum atomic E-state index is -3.56. The Labute approximate surface area is 198 Å². The number of hydrogen-bond donors (Lipinski definition) is 1. The molecule has 0 aliphatic carbocycles. The molecule has 2 aromatic rings. The predicted octanol–water partition coefficient (Wildman–Crippen LogP) is 1.37. The molecule has 0 atom stereocenters. The predicted molar refractivity (Wildman–Crippen MR) is 126 cm³/mol. The third kappa shape index (κ3) is 4.06. The van der Waals surface area contributed by atoms with Crippen LogP contribution in [0.15, 0.2) is 40.4 Å². The van der Waals surface area contributed by atoms with Crippen LogP contribution in [0.3, 0.4) is 0 Å². The lowest BCUT2D eigenvalue weighted by molar-refractivity contribution is -0.142. The fourth-order valence-electron chi connectivity index (χ4n) is 4.33. The van der Waals surface area contributed by atoms with Gasteiger partial charge in [-0.3, -0.25) is 4.79 Å². The van der Waals surface area contributed by atoms with E-state index < -0.39 is 22.6 Å². The number of fused-ring (bicyclic) bond motifs is 3. The first-order chi connectivity index (χ1) is 16.0. The Morgan fingerprint density at radius 3 is 2.44 bits per heavy atom. The molecule has 0 bridgehead atoms.